The maximum absolute atomic E-state index is 14.3. The molecule has 1 aromatic heterocycles. The normalized spacial score (nSPS) is 12.7. The van der Waals surface area contributed by atoms with E-state index in [0.717, 1.165) is 16.9 Å². The molecule has 2 aromatic rings. The van der Waals surface area contributed by atoms with E-state index in [1.54, 1.807) is 19.1 Å². The molecule has 114 valence electrons. The van der Waals surface area contributed by atoms with Gasteiger partial charge in [-0.3, -0.25) is 0 Å². The molecule has 0 aliphatic rings. The van der Waals surface area contributed by atoms with Gasteiger partial charge >= 0.3 is 0 Å². The van der Waals surface area contributed by atoms with E-state index in [1.165, 1.54) is 11.3 Å². The molecule has 1 N–H and O–H groups in total. The molecule has 0 bridgehead atoms. The topological polar surface area (TPSA) is 12.0 Å². The summed E-state index contributed by atoms with van der Waals surface area (Å²) >= 11 is 7.77. The number of hydrogen-bond donors (Lipinski definition) is 1. The first kappa shape index (κ1) is 16.4. The van der Waals surface area contributed by atoms with Crippen molar-refractivity contribution in [2.45, 2.75) is 33.2 Å². The fourth-order valence-corrected chi connectivity index (χ4v) is 3.56. The zero-order valence-electron chi connectivity index (χ0n) is 12.3. The average molecular weight is 330 g/mol. The third kappa shape index (κ3) is 3.28. The lowest BCUT2D eigenvalue weighted by Crippen LogP contribution is -2.24. The Morgan fingerprint density at radius 3 is 2.48 bits per heavy atom. The number of nitrogens with one attached hydrogen (secondary N) is 1. The Labute approximate surface area is 133 Å². The fourth-order valence-electron chi connectivity index (χ4n) is 2.16. The summed E-state index contributed by atoms with van der Waals surface area (Å²) in [7, 11) is 0. The Morgan fingerprint density at radius 2 is 1.90 bits per heavy atom. The third-order valence-corrected chi connectivity index (χ3v) is 5.18. The summed E-state index contributed by atoms with van der Waals surface area (Å²) < 4.78 is 28.2. The van der Waals surface area contributed by atoms with E-state index in [9.17, 15) is 8.78 Å². The first-order chi connectivity index (χ1) is 9.97. The fraction of sp³-hybridized carbons (Fsp3) is 0.375. The van der Waals surface area contributed by atoms with E-state index in [2.05, 4.69) is 5.32 Å². The van der Waals surface area contributed by atoms with E-state index >= 15 is 0 Å². The van der Waals surface area contributed by atoms with Crippen molar-refractivity contribution >= 4 is 22.9 Å². The molecule has 2 rings (SSSR count). The lowest BCUT2D eigenvalue weighted by molar-refractivity contribution is 0.477. The van der Waals surface area contributed by atoms with Crippen LogP contribution < -0.4 is 5.32 Å². The summed E-state index contributed by atoms with van der Waals surface area (Å²) in [5.74, 6) is -1.59. The van der Waals surface area contributed by atoms with Crippen LogP contribution in [0.3, 0.4) is 0 Å². The van der Waals surface area contributed by atoms with Crippen molar-refractivity contribution in [3.05, 3.63) is 55.7 Å². The summed E-state index contributed by atoms with van der Waals surface area (Å²) in [6.45, 7) is 6.19. The average Bonchev–Trinajstić information content (AvgIpc) is 2.79. The molecule has 1 heterocycles. The minimum atomic E-state index is -0.800. The summed E-state index contributed by atoms with van der Waals surface area (Å²) in [5, 5.41) is 5.81. The van der Waals surface area contributed by atoms with Crippen LogP contribution in [0.5, 0.6) is 0 Å². The first-order valence-corrected chi connectivity index (χ1v) is 8.14. The molecule has 0 saturated carbocycles. The van der Waals surface area contributed by atoms with Crippen LogP contribution >= 0.6 is 22.9 Å². The predicted molar refractivity (Wildman–Crippen MR) is 85.3 cm³/mol. The molecule has 0 saturated heterocycles. The summed E-state index contributed by atoms with van der Waals surface area (Å²) in [4.78, 5) is 0.824. The minimum Gasteiger partial charge on any atom is -0.305 e. The van der Waals surface area contributed by atoms with Gasteiger partial charge in [0, 0.05) is 10.4 Å². The van der Waals surface area contributed by atoms with Crippen LogP contribution in [0.25, 0.3) is 0 Å². The van der Waals surface area contributed by atoms with Crippen molar-refractivity contribution in [2.24, 2.45) is 0 Å². The van der Waals surface area contributed by atoms with Crippen molar-refractivity contribution in [3.8, 4) is 0 Å². The summed E-state index contributed by atoms with van der Waals surface area (Å²) in [6.07, 6.45) is 0.897. The maximum atomic E-state index is 14.3. The van der Waals surface area contributed by atoms with E-state index in [4.69, 9.17) is 11.6 Å². The van der Waals surface area contributed by atoms with Gasteiger partial charge in [-0.2, -0.15) is 0 Å². The van der Waals surface area contributed by atoms with Crippen LogP contribution in [0, 0.1) is 25.5 Å². The summed E-state index contributed by atoms with van der Waals surface area (Å²) in [5.41, 5.74) is 1.56. The molecule has 21 heavy (non-hydrogen) atoms. The third-order valence-electron chi connectivity index (χ3n) is 3.40. The van der Waals surface area contributed by atoms with Gasteiger partial charge in [-0.15, -0.1) is 11.3 Å². The number of aryl methyl sites for hydroxylation is 2. The zero-order chi connectivity index (χ0) is 15.6. The molecule has 0 aliphatic carbocycles. The Morgan fingerprint density at radius 1 is 1.19 bits per heavy atom. The Bertz CT molecular complexity index is 639. The number of halogens is 3. The van der Waals surface area contributed by atoms with Gasteiger partial charge in [0.2, 0.25) is 0 Å². The van der Waals surface area contributed by atoms with E-state index in [0.29, 0.717) is 22.7 Å². The van der Waals surface area contributed by atoms with Crippen LogP contribution in [0.15, 0.2) is 17.5 Å². The smallest absolute Gasteiger partial charge is 0.164 e. The van der Waals surface area contributed by atoms with Gasteiger partial charge in [0.25, 0.3) is 0 Å². The highest BCUT2D eigenvalue weighted by Gasteiger charge is 2.24. The second-order valence-corrected chi connectivity index (χ2v) is 6.37. The van der Waals surface area contributed by atoms with Crippen molar-refractivity contribution in [2.75, 3.05) is 6.54 Å². The lowest BCUT2D eigenvalue weighted by Gasteiger charge is -2.20. The molecule has 0 spiro atoms. The minimum absolute atomic E-state index is 0.301. The SMILES string of the molecule is CCCNC(c1ccc(C)c(F)c1F)c1scc(C)c1Cl. The molecule has 0 radical (unpaired) electrons. The van der Waals surface area contributed by atoms with Crippen molar-refractivity contribution < 1.29 is 8.78 Å². The first-order valence-electron chi connectivity index (χ1n) is 6.88. The van der Waals surface area contributed by atoms with E-state index in [-0.39, 0.29) is 0 Å². The van der Waals surface area contributed by atoms with Crippen molar-refractivity contribution in [1.82, 2.24) is 5.32 Å². The number of benzene rings is 1. The number of rotatable bonds is 5. The molecule has 1 unspecified atom stereocenters. The zero-order valence-corrected chi connectivity index (χ0v) is 13.8. The maximum Gasteiger partial charge on any atom is 0.164 e. The van der Waals surface area contributed by atoms with Gasteiger partial charge in [0.15, 0.2) is 11.6 Å². The van der Waals surface area contributed by atoms with Gasteiger partial charge in [-0.05, 0) is 43.3 Å². The molecule has 0 fully saturated rings. The van der Waals surface area contributed by atoms with Gasteiger partial charge in [-0.1, -0.05) is 30.7 Å². The van der Waals surface area contributed by atoms with Crippen molar-refractivity contribution in [1.29, 1.82) is 0 Å². The Balaban J connectivity index is 2.51. The standard InChI is InChI=1S/C16H18ClF2NS/c1-4-7-20-15(16-12(17)10(3)8-21-16)11-6-5-9(2)13(18)14(11)19/h5-6,8,15,20H,4,7H2,1-3H3. The number of thiophene rings is 1. The number of hydrogen-bond acceptors (Lipinski definition) is 2. The molecule has 1 aromatic carbocycles. The highest BCUT2D eigenvalue weighted by Crippen LogP contribution is 2.37. The van der Waals surface area contributed by atoms with Crippen LogP contribution in [0.2, 0.25) is 5.02 Å². The largest absolute Gasteiger partial charge is 0.305 e. The highest BCUT2D eigenvalue weighted by molar-refractivity contribution is 7.10. The predicted octanol–water partition coefficient (Wildman–Crippen LogP) is 5.39. The van der Waals surface area contributed by atoms with Crippen LogP contribution in [-0.2, 0) is 0 Å². The Hall–Kier alpha value is -0.970. The lowest BCUT2D eigenvalue weighted by atomic mass is 10.0. The molecule has 5 heteroatoms. The van der Waals surface area contributed by atoms with Gasteiger partial charge in [-0.25, -0.2) is 8.78 Å². The molecular weight excluding hydrogens is 312 g/mol. The molecule has 1 atom stereocenters. The second kappa shape index (κ2) is 6.86. The molecule has 0 aliphatic heterocycles. The molecule has 1 nitrogen and oxygen atoms in total. The van der Waals surface area contributed by atoms with Gasteiger partial charge < -0.3 is 5.32 Å². The quantitative estimate of drug-likeness (QED) is 0.776. The summed E-state index contributed by atoms with van der Waals surface area (Å²) in [6, 6.07) is 2.81. The second-order valence-electron chi connectivity index (χ2n) is 5.08. The monoisotopic (exact) mass is 329 g/mol. The highest BCUT2D eigenvalue weighted by atomic mass is 35.5. The Kier molecular flexibility index (Phi) is 5.36. The van der Waals surface area contributed by atoms with Gasteiger partial charge in [0.1, 0.15) is 0 Å². The van der Waals surface area contributed by atoms with E-state index < -0.39 is 17.7 Å². The van der Waals surface area contributed by atoms with Crippen molar-refractivity contribution in [3.63, 3.8) is 0 Å². The van der Waals surface area contributed by atoms with Gasteiger partial charge in [0.05, 0.1) is 11.1 Å². The van der Waals surface area contributed by atoms with Crippen LogP contribution in [-0.4, -0.2) is 6.54 Å². The molecular formula is C16H18ClF2NS. The molecule has 0 amide bonds. The van der Waals surface area contributed by atoms with E-state index in [1.807, 2.05) is 19.2 Å². The van der Waals surface area contributed by atoms with Crippen LogP contribution in [0.4, 0.5) is 8.78 Å². The van der Waals surface area contributed by atoms with Crippen LogP contribution in [0.1, 0.15) is 41.0 Å².